The number of aromatic carboxylic acids is 1. The monoisotopic (exact) mass is 655 g/mol. The van der Waals surface area contributed by atoms with E-state index >= 15 is 0 Å². The molecule has 10 heteroatoms. The molecule has 0 aromatic carbocycles. The number of anilines is 1. The fourth-order valence-corrected chi connectivity index (χ4v) is 7.38. The maximum absolute atomic E-state index is 14.2. The van der Waals surface area contributed by atoms with Gasteiger partial charge in [0.1, 0.15) is 11.0 Å². The standard InChI is InChI=1S/C36H53N3O6S/c1-24-8-10-25(11-9-24)32(41)39(29-22-28(12-17-35(2,3)4)46-31(29)33(42)43)26-13-18-38(19-14-26)34(44)45-27-15-20-37(21-16-27)30(40)23-36(5,6)7/h22,24-27H,8-11,13-16,18-21,23H2,1-7H3,(H,42,43)/t24-,25-. The zero-order chi connectivity index (χ0) is 33.8. The van der Waals surface area contributed by atoms with E-state index in [0.717, 1.165) is 37.0 Å². The smallest absolute Gasteiger partial charge is 0.410 e. The Morgan fingerprint density at radius 2 is 1.50 bits per heavy atom. The highest BCUT2D eigenvalue weighted by Crippen LogP contribution is 2.38. The van der Waals surface area contributed by atoms with Gasteiger partial charge < -0.3 is 24.5 Å². The number of likely N-dealkylation sites (tertiary alicyclic amines) is 2. The van der Waals surface area contributed by atoms with Crippen molar-refractivity contribution in [3.05, 3.63) is 15.8 Å². The van der Waals surface area contributed by atoms with Crippen LogP contribution in [0.15, 0.2) is 6.07 Å². The number of carbonyl (C=O) groups excluding carboxylic acids is 3. The van der Waals surface area contributed by atoms with E-state index in [9.17, 15) is 24.3 Å². The Hall–Kier alpha value is -3.06. The lowest BCUT2D eigenvalue weighted by atomic mass is 9.82. The van der Waals surface area contributed by atoms with Crippen molar-refractivity contribution in [2.75, 3.05) is 31.1 Å². The van der Waals surface area contributed by atoms with Gasteiger partial charge in [0.15, 0.2) is 0 Å². The van der Waals surface area contributed by atoms with Crippen LogP contribution in [-0.2, 0) is 14.3 Å². The second kappa shape index (κ2) is 14.8. The molecule has 0 atom stereocenters. The van der Waals surface area contributed by atoms with Crippen LogP contribution in [0.5, 0.6) is 0 Å². The average molecular weight is 656 g/mol. The molecular weight excluding hydrogens is 602 g/mol. The zero-order valence-electron chi connectivity index (χ0n) is 28.8. The summed E-state index contributed by atoms with van der Waals surface area (Å²) in [7, 11) is 0. The van der Waals surface area contributed by atoms with E-state index in [1.165, 1.54) is 0 Å². The highest BCUT2D eigenvalue weighted by molar-refractivity contribution is 7.15. The SMILES string of the molecule is CC(C)(C)C#Cc1cc(N(C(=O)[C@H]2CC[C@H](C)CC2)C2CCN(C(=O)OC3CCN(C(=O)CC(C)(C)C)CC3)CC2)c(C(=O)O)s1. The van der Waals surface area contributed by atoms with Crippen LogP contribution in [0.2, 0.25) is 0 Å². The number of carbonyl (C=O) groups is 4. The van der Waals surface area contributed by atoms with E-state index in [4.69, 9.17) is 4.74 Å². The minimum Gasteiger partial charge on any atom is -0.477 e. The van der Waals surface area contributed by atoms with E-state index < -0.39 is 5.97 Å². The first kappa shape index (κ1) is 35.8. The third-order valence-corrected chi connectivity index (χ3v) is 10.2. The van der Waals surface area contributed by atoms with Crippen molar-refractivity contribution in [2.45, 2.75) is 118 Å². The summed E-state index contributed by atoms with van der Waals surface area (Å²) in [6, 6.07) is 1.54. The van der Waals surface area contributed by atoms with Gasteiger partial charge in [0.25, 0.3) is 0 Å². The van der Waals surface area contributed by atoms with E-state index in [1.54, 1.807) is 15.9 Å². The number of amides is 3. The molecule has 3 aliphatic rings. The summed E-state index contributed by atoms with van der Waals surface area (Å²) in [6.07, 6.45) is 5.77. The van der Waals surface area contributed by atoms with Crippen molar-refractivity contribution in [3.63, 3.8) is 0 Å². The van der Waals surface area contributed by atoms with Gasteiger partial charge in [-0.25, -0.2) is 9.59 Å². The molecule has 46 heavy (non-hydrogen) atoms. The van der Waals surface area contributed by atoms with E-state index in [2.05, 4.69) is 39.5 Å². The average Bonchev–Trinajstić information content (AvgIpc) is 3.40. The number of ether oxygens (including phenoxy) is 1. The van der Waals surface area contributed by atoms with Crippen molar-refractivity contribution in [1.82, 2.24) is 9.80 Å². The van der Waals surface area contributed by atoms with Crippen molar-refractivity contribution in [3.8, 4) is 11.8 Å². The molecule has 1 N–H and O–H groups in total. The number of piperidine rings is 2. The summed E-state index contributed by atoms with van der Waals surface area (Å²) in [4.78, 5) is 58.5. The molecule has 3 amide bonds. The van der Waals surface area contributed by atoms with Gasteiger partial charge in [-0.15, -0.1) is 11.3 Å². The van der Waals surface area contributed by atoms with Gasteiger partial charge in [-0.2, -0.15) is 0 Å². The van der Waals surface area contributed by atoms with Gasteiger partial charge in [0.2, 0.25) is 11.8 Å². The fourth-order valence-electron chi connectivity index (χ4n) is 6.54. The molecule has 9 nitrogen and oxygen atoms in total. The van der Waals surface area contributed by atoms with Crippen LogP contribution in [0.4, 0.5) is 10.5 Å². The molecule has 3 fully saturated rings. The molecule has 0 unspecified atom stereocenters. The summed E-state index contributed by atoms with van der Waals surface area (Å²) in [5, 5.41) is 10.2. The number of hydrogen-bond donors (Lipinski definition) is 1. The number of carboxylic acid groups (broad SMARTS) is 1. The lowest BCUT2D eigenvalue weighted by molar-refractivity contribution is -0.135. The lowest BCUT2D eigenvalue weighted by Gasteiger charge is -2.41. The Morgan fingerprint density at radius 1 is 0.913 bits per heavy atom. The topological polar surface area (TPSA) is 107 Å². The second-order valence-electron chi connectivity index (χ2n) is 15.7. The maximum atomic E-state index is 14.2. The van der Waals surface area contributed by atoms with Gasteiger partial charge in [0, 0.05) is 62.8 Å². The van der Waals surface area contributed by atoms with Crippen LogP contribution < -0.4 is 4.90 Å². The van der Waals surface area contributed by atoms with E-state index in [1.807, 2.05) is 25.7 Å². The molecular formula is C36H53N3O6S. The predicted octanol–water partition coefficient (Wildman–Crippen LogP) is 7.03. The number of thiophene rings is 1. The molecule has 1 aromatic rings. The first-order chi connectivity index (χ1) is 21.5. The fraction of sp³-hybridized carbons (Fsp3) is 0.722. The van der Waals surface area contributed by atoms with Gasteiger partial charge in [-0.05, 0) is 76.7 Å². The predicted molar refractivity (Wildman–Crippen MR) is 181 cm³/mol. The summed E-state index contributed by atoms with van der Waals surface area (Å²) >= 11 is 1.12. The molecule has 1 aromatic heterocycles. The normalized spacial score (nSPS) is 21.7. The largest absolute Gasteiger partial charge is 0.477 e. The van der Waals surface area contributed by atoms with Crippen molar-refractivity contribution in [2.24, 2.45) is 22.7 Å². The molecule has 0 bridgehead atoms. The van der Waals surface area contributed by atoms with Crippen LogP contribution in [0.1, 0.15) is 121 Å². The summed E-state index contributed by atoms with van der Waals surface area (Å²) < 4.78 is 5.88. The van der Waals surface area contributed by atoms with Crippen molar-refractivity contribution >= 4 is 40.9 Å². The van der Waals surface area contributed by atoms with Gasteiger partial charge in [-0.1, -0.05) is 39.5 Å². The van der Waals surface area contributed by atoms with Crippen LogP contribution in [0.25, 0.3) is 0 Å². The molecule has 0 spiro atoms. The van der Waals surface area contributed by atoms with Crippen molar-refractivity contribution < 1.29 is 29.0 Å². The molecule has 254 valence electrons. The van der Waals surface area contributed by atoms with Crippen LogP contribution >= 0.6 is 11.3 Å². The molecule has 2 saturated heterocycles. The quantitative estimate of drug-likeness (QED) is 0.330. The molecule has 2 aliphatic heterocycles. The molecule has 0 radical (unpaired) electrons. The molecule has 1 saturated carbocycles. The first-order valence-electron chi connectivity index (χ1n) is 17.0. The maximum Gasteiger partial charge on any atom is 0.410 e. The number of hydrogen-bond acceptors (Lipinski definition) is 6. The summed E-state index contributed by atoms with van der Waals surface area (Å²) in [6.45, 7) is 16.4. The number of rotatable bonds is 6. The summed E-state index contributed by atoms with van der Waals surface area (Å²) in [5.74, 6) is 5.82. The van der Waals surface area contributed by atoms with E-state index in [-0.39, 0.29) is 51.7 Å². The van der Waals surface area contributed by atoms with Crippen LogP contribution in [-0.4, -0.2) is 77.1 Å². The Balaban J connectivity index is 1.44. The van der Waals surface area contributed by atoms with Gasteiger partial charge in [-0.3, -0.25) is 9.59 Å². The minimum absolute atomic E-state index is 0.0173. The highest BCUT2D eigenvalue weighted by Gasteiger charge is 2.38. The van der Waals surface area contributed by atoms with Crippen molar-refractivity contribution in [1.29, 1.82) is 0 Å². The first-order valence-corrected chi connectivity index (χ1v) is 17.8. The number of carboxylic acids is 1. The highest BCUT2D eigenvalue weighted by atomic mass is 32.1. The van der Waals surface area contributed by atoms with E-state index in [0.29, 0.717) is 74.8 Å². The zero-order valence-corrected chi connectivity index (χ0v) is 29.6. The van der Waals surface area contributed by atoms with Gasteiger partial charge in [0.05, 0.1) is 10.6 Å². The molecule has 1 aliphatic carbocycles. The minimum atomic E-state index is -1.06. The molecule has 3 heterocycles. The summed E-state index contributed by atoms with van der Waals surface area (Å²) in [5.41, 5.74) is 0.112. The lowest BCUT2D eigenvalue weighted by Crippen LogP contribution is -2.51. The third-order valence-electron chi connectivity index (χ3n) is 9.16. The Labute approximate surface area is 279 Å². The second-order valence-corrected chi connectivity index (χ2v) is 16.8. The number of nitrogens with zero attached hydrogens (tertiary/aromatic N) is 3. The Bertz CT molecular complexity index is 1320. The van der Waals surface area contributed by atoms with Crippen LogP contribution in [0, 0.1) is 34.5 Å². The third kappa shape index (κ3) is 9.73. The Morgan fingerprint density at radius 3 is 2.04 bits per heavy atom. The van der Waals surface area contributed by atoms with Gasteiger partial charge >= 0.3 is 12.1 Å². The Kier molecular flexibility index (Phi) is 11.5. The molecule has 4 rings (SSSR count). The van der Waals surface area contributed by atoms with Crippen LogP contribution in [0.3, 0.4) is 0 Å².